The Hall–Kier alpha value is -1.06. The van der Waals surface area contributed by atoms with Crippen molar-refractivity contribution in [2.45, 2.75) is 38.5 Å². The quantitative estimate of drug-likeness (QED) is 0.451. The first-order chi connectivity index (χ1) is 7.34. The van der Waals surface area contributed by atoms with E-state index >= 15 is 0 Å². The molecule has 0 unspecified atom stereocenters. The van der Waals surface area contributed by atoms with E-state index < -0.39 is 0 Å². The van der Waals surface area contributed by atoms with Crippen LogP contribution in [0.15, 0.2) is 0 Å². The van der Waals surface area contributed by atoms with Crippen LogP contribution >= 0.6 is 0 Å². The fraction of sp³-hybridized carbons (Fsp3) is 0.818. The summed E-state index contributed by atoms with van der Waals surface area (Å²) >= 11 is 0. The van der Waals surface area contributed by atoms with E-state index in [1.54, 1.807) is 0 Å². The van der Waals surface area contributed by atoms with Crippen molar-refractivity contribution in [3.63, 3.8) is 0 Å². The van der Waals surface area contributed by atoms with Crippen molar-refractivity contribution in [2.75, 3.05) is 19.7 Å². The summed E-state index contributed by atoms with van der Waals surface area (Å²) in [7, 11) is 0. The summed E-state index contributed by atoms with van der Waals surface area (Å²) in [6.07, 6.45) is 5.90. The number of unbranched alkanes of at least 4 members (excludes halogenated alkanes) is 3. The molecule has 0 aromatic rings. The number of ether oxygens (including phenoxy) is 1. The highest BCUT2D eigenvalue weighted by atomic mass is 16.5. The summed E-state index contributed by atoms with van der Waals surface area (Å²) in [5.41, 5.74) is 0. The maximum atomic E-state index is 11.2. The molecule has 0 aromatic carbocycles. The molecule has 4 nitrogen and oxygen atoms in total. The largest absolute Gasteiger partial charge is 0.468 e. The lowest BCUT2D eigenvalue weighted by Gasteiger charge is -2.14. The highest BCUT2D eigenvalue weighted by Gasteiger charge is 2.18. The van der Waals surface area contributed by atoms with E-state index in [0.29, 0.717) is 19.0 Å². The predicted octanol–water partition coefficient (Wildman–Crippen LogP) is 1.34. The molecule has 1 heterocycles. The van der Waals surface area contributed by atoms with E-state index in [4.69, 9.17) is 0 Å². The van der Waals surface area contributed by atoms with Crippen LogP contribution in [0.5, 0.6) is 0 Å². The van der Waals surface area contributed by atoms with E-state index in [-0.39, 0.29) is 0 Å². The fourth-order valence-electron chi connectivity index (χ4n) is 1.83. The Morgan fingerprint density at radius 3 is 2.73 bits per heavy atom. The van der Waals surface area contributed by atoms with Crippen LogP contribution in [0.2, 0.25) is 0 Å². The van der Waals surface area contributed by atoms with E-state index in [9.17, 15) is 9.59 Å². The van der Waals surface area contributed by atoms with E-state index in [0.717, 1.165) is 51.6 Å². The SMILES string of the molecule is O=COCCCCCCN1CCCC1=O. The Bertz CT molecular complexity index is 206. The topological polar surface area (TPSA) is 46.6 Å². The summed E-state index contributed by atoms with van der Waals surface area (Å²) in [4.78, 5) is 23.0. The van der Waals surface area contributed by atoms with Crippen LogP contribution in [-0.2, 0) is 14.3 Å². The van der Waals surface area contributed by atoms with Crippen LogP contribution in [0, 0.1) is 0 Å². The molecule has 0 aromatic heterocycles. The molecule has 1 fully saturated rings. The Labute approximate surface area is 90.6 Å². The van der Waals surface area contributed by atoms with Gasteiger partial charge in [0, 0.05) is 19.5 Å². The van der Waals surface area contributed by atoms with Gasteiger partial charge in [-0.1, -0.05) is 6.42 Å². The zero-order chi connectivity index (χ0) is 10.9. The number of amides is 1. The third-order valence-electron chi connectivity index (χ3n) is 2.68. The average molecular weight is 213 g/mol. The van der Waals surface area contributed by atoms with Gasteiger partial charge in [-0.3, -0.25) is 9.59 Å². The number of nitrogens with zero attached hydrogens (tertiary/aromatic N) is 1. The lowest BCUT2D eigenvalue weighted by Crippen LogP contribution is -2.25. The van der Waals surface area contributed by atoms with Gasteiger partial charge in [0.05, 0.1) is 6.61 Å². The molecule has 1 aliphatic rings. The minimum Gasteiger partial charge on any atom is -0.468 e. The Kier molecular flexibility index (Phi) is 5.81. The van der Waals surface area contributed by atoms with Crippen molar-refractivity contribution >= 4 is 12.4 Å². The fourth-order valence-corrected chi connectivity index (χ4v) is 1.83. The van der Waals surface area contributed by atoms with Gasteiger partial charge in [-0.15, -0.1) is 0 Å². The first-order valence-corrected chi connectivity index (χ1v) is 5.67. The smallest absolute Gasteiger partial charge is 0.293 e. The minimum atomic E-state index is 0.305. The van der Waals surface area contributed by atoms with Gasteiger partial charge < -0.3 is 9.64 Å². The zero-order valence-corrected chi connectivity index (χ0v) is 9.11. The van der Waals surface area contributed by atoms with Gasteiger partial charge in [0.1, 0.15) is 0 Å². The summed E-state index contributed by atoms with van der Waals surface area (Å²) in [5, 5.41) is 0. The molecule has 0 aliphatic carbocycles. The van der Waals surface area contributed by atoms with Crippen LogP contribution in [0.3, 0.4) is 0 Å². The van der Waals surface area contributed by atoms with Gasteiger partial charge in [-0.05, 0) is 25.7 Å². The van der Waals surface area contributed by atoms with E-state index in [1.165, 1.54) is 0 Å². The maximum Gasteiger partial charge on any atom is 0.293 e. The van der Waals surface area contributed by atoms with Crippen LogP contribution < -0.4 is 0 Å². The third kappa shape index (κ3) is 4.81. The second-order valence-corrected chi connectivity index (χ2v) is 3.87. The van der Waals surface area contributed by atoms with Crippen LogP contribution in [0.1, 0.15) is 38.5 Å². The minimum absolute atomic E-state index is 0.305. The van der Waals surface area contributed by atoms with Crippen molar-refractivity contribution in [1.29, 1.82) is 0 Å². The molecule has 1 rings (SSSR count). The van der Waals surface area contributed by atoms with Crippen molar-refractivity contribution < 1.29 is 14.3 Å². The van der Waals surface area contributed by atoms with Crippen molar-refractivity contribution in [2.24, 2.45) is 0 Å². The van der Waals surface area contributed by atoms with E-state index in [2.05, 4.69) is 4.74 Å². The molecule has 0 bridgehead atoms. The monoisotopic (exact) mass is 213 g/mol. The Balaban J connectivity index is 1.88. The second-order valence-electron chi connectivity index (χ2n) is 3.87. The first-order valence-electron chi connectivity index (χ1n) is 5.67. The number of carbonyl (C=O) groups excluding carboxylic acids is 2. The molecule has 0 saturated carbocycles. The van der Waals surface area contributed by atoms with E-state index in [1.807, 2.05) is 4.90 Å². The Morgan fingerprint density at radius 2 is 2.07 bits per heavy atom. The van der Waals surface area contributed by atoms with Crippen LogP contribution in [0.25, 0.3) is 0 Å². The number of carbonyl (C=O) groups is 2. The van der Waals surface area contributed by atoms with Gasteiger partial charge in [0.25, 0.3) is 6.47 Å². The zero-order valence-electron chi connectivity index (χ0n) is 9.11. The number of likely N-dealkylation sites (tertiary alicyclic amines) is 1. The molecule has 0 radical (unpaired) electrons. The van der Waals surface area contributed by atoms with Crippen LogP contribution in [-0.4, -0.2) is 37.0 Å². The number of hydrogen-bond acceptors (Lipinski definition) is 3. The predicted molar refractivity (Wildman–Crippen MR) is 56.3 cm³/mol. The number of rotatable bonds is 8. The highest BCUT2D eigenvalue weighted by Crippen LogP contribution is 2.11. The summed E-state index contributed by atoms with van der Waals surface area (Å²) in [6.45, 7) is 2.84. The van der Waals surface area contributed by atoms with Gasteiger partial charge in [0.2, 0.25) is 5.91 Å². The van der Waals surface area contributed by atoms with Gasteiger partial charge in [0.15, 0.2) is 0 Å². The van der Waals surface area contributed by atoms with Gasteiger partial charge in [-0.25, -0.2) is 0 Å². The summed E-state index contributed by atoms with van der Waals surface area (Å²) < 4.78 is 4.59. The summed E-state index contributed by atoms with van der Waals surface area (Å²) in [5.74, 6) is 0.305. The van der Waals surface area contributed by atoms with Gasteiger partial charge in [-0.2, -0.15) is 0 Å². The average Bonchev–Trinajstić information content (AvgIpc) is 2.63. The number of hydrogen-bond donors (Lipinski definition) is 0. The standard InChI is InChI=1S/C11H19NO3/c13-10-15-9-4-2-1-3-7-12-8-5-6-11(12)14/h10H,1-9H2. The molecular weight excluding hydrogens is 194 g/mol. The molecule has 0 atom stereocenters. The van der Waals surface area contributed by atoms with Crippen molar-refractivity contribution in [3.8, 4) is 0 Å². The summed E-state index contributed by atoms with van der Waals surface area (Å²) in [6, 6.07) is 0. The molecule has 1 amide bonds. The third-order valence-corrected chi connectivity index (χ3v) is 2.68. The lowest BCUT2D eigenvalue weighted by atomic mass is 10.2. The van der Waals surface area contributed by atoms with Crippen molar-refractivity contribution in [3.05, 3.63) is 0 Å². The maximum absolute atomic E-state index is 11.2. The molecule has 0 spiro atoms. The van der Waals surface area contributed by atoms with Crippen LogP contribution in [0.4, 0.5) is 0 Å². The highest BCUT2D eigenvalue weighted by molar-refractivity contribution is 5.77. The molecule has 86 valence electrons. The second kappa shape index (κ2) is 7.26. The Morgan fingerprint density at radius 1 is 1.27 bits per heavy atom. The van der Waals surface area contributed by atoms with Crippen molar-refractivity contribution in [1.82, 2.24) is 4.90 Å². The molecule has 1 saturated heterocycles. The molecular formula is C11H19NO3. The lowest BCUT2D eigenvalue weighted by molar-refractivity contribution is -0.129. The van der Waals surface area contributed by atoms with Gasteiger partial charge >= 0.3 is 0 Å². The normalized spacial score (nSPS) is 15.7. The molecule has 4 heteroatoms. The molecule has 1 aliphatic heterocycles. The molecule has 15 heavy (non-hydrogen) atoms. The molecule has 0 N–H and O–H groups in total. The first kappa shape index (κ1) is 12.0.